The zero-order valence-electron chi connectivity index (χ0n) is 11.5. The maximum Gasteiger partial charge on any atom is 0.213 e. The van der Waals surface area contributed by atoms with Crippen LogP contribution in [0.1, 0.15) is 5.56 Å². The summed E-state index contributed by atoms with van der Waals surface area (Å²) in [6.45, 7) is 1.82. The van der Waals surface area contributed by atoms with E-state index in [1.54, 1.807) is 12.1 Å². The third-order valence-electron chi connectivity index (χ3n) is 3.32. The van der Waals surface area contributed by atoms with Crippen LogP contribution in [0.3, 0.4) is 0 Å². The Morgan fingerprint density at radius 3 is 2.41 bits per heavy atom. The molecular formula is C16H11FO4S. The van der Waals surface area contributed by atoms with Crippen molar-refractivity contribution in [3.8, 4) is 0 Å². The van der Waals surface area contributed by atoms with Gasteiger partial charge >= 0.3 is 0 Å². The Balaban J connectivity index is 2.27. The molecule has 3 aromatic rings. The van der Waals surface area contributed by atoms with Gasteiger partial charge in [0.25, 0.3) is 0 Å². The Morgan fingerprint density at radius 1 is 1.05 bits per heavy atom. The fourth-order valence-electron chi connectivity index (χ4n) is 2.12. The number of benzene rings is 2. The SMILES string of the molecule is Cc1ccc(S(=O)(=O)c2coc3ccc(F)cc3c2=O)cc1. The van der Waals surface area contributed by atoms with E-state index in [2.05, 4.69) is 0 Å². The summed E-state index contributed by atoms with van der Waals surface area (Å²) in [6, 6.07) is 9.49. The zero-order chi connectivity index (χ0) is 15.9. The van der Waals surface area contributed by atoms with Crippen molar-refractivity contribution in [1.29, 1.82) is 0 Å². The van der Waals surface area contributed by atoms with Crippen molar-refractivity contribution in [2.45, 2.75) is 16.7 Å². The fourth-order valence-corrected chi connectivity index (χ4v) is 3.39. The van der Waals surface area contributed by atoms with Crippen molar-refractivity contribution in [2.75, 3.05) is 0 Å². The van der Waals surface area contributed by atoms with Gasteiger partial charge in [0.2, 0.25) is 15.3 Å². The molecule has 6 heteroatoms. The predicted molar refractivity (Wildman–Crippen MR) is 79.1 cm³/mol. The summed E-state index contributed by atoms with van der Waals surface area (Å²) >= 11 is 0. The van der Waals surface area contributed by atoms with Crippen LogP contribution in [0.2, 0.25) is 0 Å². The van der Waals surface area contributed by atoms with E-state index in [4.69, 9.17) is 4.42 Å². The topological polar surface area (TPSA) is 64.3 Å². The van der Waals surface area contributed by atoms with Gasteiger partial charge in [0.15, 0.2) is 4.90 Å². The maximum atomic E-state index is 13.3. The van der Waals surface area contributed by atoms with Crippen molar-refractivity contribution in [1.82, 2.24) is 0 Å². The first kappa shape index (κ1) is 14.5. The van der Waals surface area contributed by atoms with E-state index in [1.165, 1.54) is 18.2 Å². The van der Waals surface area contributed by atoms with Gasteiger partial charge in [-0.25, -0.2) is 12.8 Å². The molecule has 0 fully saturated rings. The van der Waals surface area contributed by atoms with Crippen molar-refractivity contribution < 1.29 is 17.2 Å². The van der Waals surface area contributed by atoms with Crippen LogP contribution < -0.4 is 5.43 Å². The number of sulfone groups is 1. The zero-order valence-corrected chi connectivity index (χ0v) is 12.4. The molecule has 0 radical (unpaired) electrons. The average Bonchev–Trinajstić information content (AvgIpc) is 2.48. The van der Waals surface area contributed by atoms with Crippen LogP contribution in [0.25, 0.3) is 11.0 Å². The lowest BCUT2D eigenvalue weighted by Gasteiger charge is -2.05. The second kappa shape index (κ2) is 5.06. The van der Waals surface area contributed by atoms with Gasteiger partial charge in [-0.3, -0.25) is 4.79 Å². The molecule has 0 saturated carbocycles. The molecule has 0 saturated heterocycles. The van der Waals surface area contributed by atoms with Gasteiger partial charge in [0.05, 0.1) is 10.3 Å². The van der Waals surface area contributed by atoms with Crippen LogP contribution in [0.15, 0.2) is 67.7 Å². The molecule has 0 N–H and O–H groups in total. The Morgan fingerprint density at radius 2 is 1.73 bits per heavy atom. The van der Waals surface area contributed by atoms with E-state index in [1.807, 2.05) is 6.92 Å². The molecule has 2 aromatic carbocycles. The molecule has 1 aromatic heterocycles. The Hall–Kier alpha value is -2.47. The summed E-state index contributed by atoms with van der Waals surface area (Å²) in [6.07, 6.45) is 0.901. The first-order valence-corrected chi connectivity index (χ1v) is 7.91. The van der Waals surface area contributed by atoms with Crippen LogP contribution in [-0.2, 0) is 9.84 Å². The standard InChI is InChI=1S/C16H11FO4S/c1-10-2-5-12(6-3-10)22(19,20)15-9-21-14-7-4-11(17)8-13(14)16(15)18/h2-9H,1H3. The molecule has 0 bridgehead atoms. The number of halogens is 1. The third-order valence-corrected chi connectivity index (χ3v) is 5.08. The van der Waals surface area contributed by atoms with Crippen molar-refractivity contribution in [3.63, 3.8) is 0 Å². The predicted octanol–water partition coefficient (Wildman–Crippen LogP) is 3.07. The highest BCUT2D eigenvalue weighted by Crippen LogP contribution is 2.21. The van der Waals surface area contributed by atoms with Crippen molar-refractivity contribution >= 4 is 20.8 Å². The molecule has 22 heavy (non-hydrogen) atoms. The van der Waals surface area contributed by atoms with E-state index < -0.39 is 26.0 Å². The summed E-state index contributed by atoms with van der Waals surface area (Å²) < 4.78 is 43.5. The van der Waals surface area contributed by atoms with Gasteiger partial charge in [0.1, 0.15) is 17.7 Å². The lowest BCUT2D eigenvalue weighted by molar-refractivity contribution is 0.564. The molecule has 112 valence electrons. The molecule has 0 aliphatic carbocycles. The molecular weight excluding hydrogens is 307 g/mol. The van der Waals surface area contributed by atoms with Gasteiger partial charge in [-0.2, -0.15) is 0 Å². The van der Waals surface area contributed by atoms with Crippen LogP contribution >= 0.6 is 0 Å². The van der Waals surface area contributed by atoms with Gasteiger partial charge in [-0.05, 0) is 37.3 Å². The smallest absolute Gasteiger partial charge is 0.213 e. The van der Waals surface area contributed by atoms with Crippen molar-refractivity contribution in [3.05, 3.63) is 70.3 Å². The summed E-state index contributed by atoms with van der Waals surface area (Å²) in [4.78, 5) is 11.8. The van der Waals surface area contributed by atoms with Crippen LogP contribution in [0, 0.1) is 12.7 Å². The maximum absolute atomic E-state index is 13.3. The first-order chi connectivity index (χ1) is 10.4. The number of fused-ring (bicyclic) bond motifs is 1. The highest BCUT2D eigenvalue weighted by Gasteiger charge is 2.23. The van der Waals surface area contributed by atoms with Gasteiger partial charge in [0, 0.05) is 0 Å². The highest BCUT2D eigenvalue weighted by molar-refractivity contribution is 7.91. The second-order valence-corrected chi connectivity index (χ2v) is 6.80. The van der Waals surface area contributed by atoms with E-state index in [-0.39, 0.29) is 15.9 Å². The molecule has 0 unspecified atom stereocenters. The minimum absolute atomic E-state index is 0.0128. The minimum atomic E-state index is -4.02. The molecule has 0 atom stereocenters. The summed E-state index contributed by atoms with van der Waals surface area (Å²) in [5.74, 6) is -0.635. The monoisotopic (exact) mass is 318 g/mol. The second-order valence-electron chi connectivity index (χ2n) is 4.89. The quantitative estimate of drug-likeness (QED) is 0.728. The lowest BCUT2D eigenvalue weighted by Crippen LogP contribution is -2.15. The number of aryl methyl sites for hydroxylation is 1. The molecule has 0 spiro atoms. The summed E-state index contributed by atoms with van der Waals surface area (Å²) in [7, 11) is -4.02. The molecule has 0 amide bonds. The van der Waals surface area contributed by atoms with E-state index in [0.717, 1.165) is 24.0 Å². The Bertz CT molecular complexity index is 1020. The van der Waals surface area contributed by atoms with E-state index in [9.17, 15) is 17.6 Å². The lowest BCUT2D eigenvalue weighted by atomic mass is 10.2. The average molecular weight is 318 g/mol. The van der Waals surface area contributed by atoms with Crippen LogP contribution in [-0.4, -0.2) is 8.42 Å². The Kier molecular flexibility index (Phi) is 3.33. The molecule has 1 heterocycles. The fraction of sp³-hybridized carbons (Fsp3) is 0.0625. The number of rotatable bonds is 2. The normalized spacial score (nSPS) is 11.7. The third kappa shape index (κ3) is 2.31. The van der Waals surface area contributed by atoms with Crippen molar-refractivity contribution in [2.24, 2.45) is 0 Å². The number of hydrogen-bond donors (Lipinski definition) is 0. The van der Waals surface area contributed by atoms with Crippen LogP contribution in [0.4, 0.5) is 4.39 Å². The molecule has 0 aliphatic rings. The Labute approximate surface area is 125 Å². The van der Waals surface area contributed by atoms with E-state index >= 15 is 0 Å². The van der Waals surface area contributed by atoms with Gasteiger partial charge in [-0.1, -0.05) is 17.7 Å². The van der Waals surface area contributed by atoms with Gasteiger partial charge in [-0.15, -0.1) is 0 Å². The first-order valence-electron chi connectivity index (χ1n) is 6.42. The highest BCUT2D eigenvalue weighted by atomic mass is 32.2. The van der Waals surface area contributed by atoms with Gasteiger partial charge < -0.3 is 4.42 Å². The van der Waals surface area contributed by atoms with E-state index in [0.29, 0.717) is 0 Å². The molecule has 0 aliphatic heterocycles. The minimum Gasteiger partial charge on any atom is -0.463 e. The number of hydrogen-bond acceptors (Lipinski definition) is 4. The largest absolute Gasteiger partial charge is 0.463 e. The van der Waals surface area contributed by atoms with Crippen LogP contribution in [0.5, 0.6) is 0 Å². The summed E-state index contributed by atoms with van der Waals surface area (Å²) in [5.41, 5.74) is 0.252. The molecule has 3 rings (SSSR count). The summed E-state index contributed by atoms with van der Waals surface area (Å²) in [5, 5.41) is -0.104. The molecule has 4 nitrogen and oxygen atoms in total.